The van der Waals surface area contributed by atoms with Crippen LogP contribution in [0.3, 0.4) is 0 Å². The highest BCUT2D eigenvalue weighted by Crippen LogP contribution is 2.27. The zero-order valence-corrected chi connectivity index (χ0v) is 22.9. The lowest BCUT2D eigenvalue weighted by Crippen LogP contribution is -2.53. The molecule has 0 saturated carbocycles. The molecule has 0 aliphatic rings. The number of anilines is 1. The predicted octanol–water partition coefficient (Wildman–Crippen LogP) is 3.77. The molecule has 1 unspecified atom stereocenters. The molecule has 0 aliphatic carbocycles. The third-order valence-electron chi connectivity index (χ3n) is 6.02. The van der Waals surface area contributed by atoms with Crippen molar-refractivity contribution in [2.24, 2.45) is 0 Å². The summed E-state index contributed by atoms with van der Waals surface area (Å²) in [4.78, 5) is 38.7. The van der Waals surface area contributed by atoms with Gasteiger partial charge in [0.2, 0.25) is 11.8 Å². The molecular weight excluding hydrogens is 520 g/mol. The van der Waals surface area contributed by atoms with Crippen LogP contribution >= 0.6 is 0 Å². The van der Waals surface area contributed by atoms with E-state index in [1.165, 1.54) is 35.2 Å². The summed E-state index contributed by atoms with van der Waals surface area (Å²) in [7, 11) is -4.29. The molecule has 206 valence electrons. The maximum absolute atomic E-state index is 13.8. The van der Waals surface area contributed by atoms with Gasteiger partial charge in [-0.15, -0.1) is 0 Å². The van der Waals surface area contributed by atoms with Crippen LogP contribution in [0.1, 0.15) is 26.3 Å². The molecule has 0 fully saturated rings. The maximum Gasteiger partial charge on any atom is 0.271 e. The average molecular weight is 553 g/mol. The van der Waals surface area contributed by atoms with Crippen molar-refractivity contribution in [2.75, 3.05) is 17.4 Å². The van der Waals surface area contributed by atoms with Gasteiger partial charge in [-0.05, 0) is 51.0 Å². The number of rotatable bonds is 12. The van der Waals surface area contributed by atoms with E-state index in [9.17, 15) is 28.1 Å². The Balaban J connectivity index is 2.01. The third-order valence-corrected chi connectivity index (χ3v) is 7.81. The Hall–Kier alpha value is -4.25. The molecule has 0 bridgehead atoms. The van der Waals surface area contributed by atoms with E-state index in [2.05, 4.69) is 5.32 Å². The first-order valence-corrected chi connectivity index (χ1v) is 13.9. The number of non-ortho nitro benzene ring substituents is 1. The Labute approximate surface area is 228 Å². The van der Waals surface area contributed by atoms with Crippen LogP contribution in [-0.4, -0.2) is 55.2 Å². The van der Waals surface area contributed by atoms with E-state index >= 15 is 0 Å². The SMILES string of the molecule is CC(C)NC(=O)C(C)N(CCc1ccccc1)C(=O)CN(c1cccc([N+](=O)[O-])c1)S(=O)(=O)c1ccccc1. The smallest absolute Gasteiger partial charge is 0.271 e. The monoisotopic (exact) mass is 552 g/mol. The van der Waals surface area contributed by atoms with Gasteiger partial charge in [-0.25, -0.2) is 8.42 Å². The van der Waals surface area contributed by atoms with Gasteiger partial charge in [-0.2, -0.15) is 0 Å². The van der Waals surface area contributed by atoms with Gasteiger partial charge in [-0.1, -0.05) is 54.6 Å². The van der Waals surface area contributed by atoms with Crippen LogP contribution in [0.2, 0.25) is 0 Å². The van der Waals surface area contributed by atoms with Gasteiger partial charge in [0.1, 0.15) is 12.6 Å². The van der Waals surface area contributed by atoms with Gasteiger partial charge in [0, 0.05) is 24.7 Å². The number of nitrogens with one attached hydrogen (secondary N) is 1. The molecular formula is C28H32N4O6S. The van der Waals surface area contributed by atoms with Crippen molar-refractivity contribution in [3.63, 3.8) is 0 Å². The lowest BCUT2D eigenvalue weighted by atomic mass is 10.1. The van der Waals surface area contributed by atoms with Gasteiger partial charge < -0.3 is 10.2 Å². The fraction of sp³-hybridized carbons (Fsp3) is 0.286. The highest BCUT2D eigenvalue weighted by atomic mass is 32.2. The van der Waals surface area contributed by atoms with Crippen LogP contribution in [0.25, 0.3) is 0 Å². The topological polar surface area (TPSA) is 130 Å². The van der Waals surface area contributed by atoms with Crippen molar-refractivity contribution < 1.29 is 22.9 Å². The highest BCUT2D eigenvalue weighted by molar-refractivity contribution is 7.92. The minimum Gasteiger partial charge on any atom is -0.352 e. The Morgan fingerprint density at radius 2 is 1.54 bits per heavy atom. The van der Waals surface area contributed by atoms with E-state index in [4.69, 9.17) is 0 Å². The van der Waals surface area contributed by atoms with E-state index in [1.54, 1.807) is 39.0 Å². The van der Waals surface area contributed by atoms with Gasteiger partial charge >= 0.3 is 0 Å². The summed E-state index contributed by atoms with van der Waals surface area (Å²) in [5.41, 5.74) is 0.585. The minimum absolute atomic E-state index is 0.0382. The summed E-state index contributed by atoms with van der Waals surface area (Å²) >= 11 is 0. The summed E-state index contributed by atoms with van der Waals surface area (Å²) < 4.78 is 28.3. The molecule has 0 heterocycles. The number of carbonyl (C=O) groups excluding carboxylic acids is 2. The molecule has 0 saturated heterocycles. The van der Waals surface area contributed by atoms with E-state index in [1.807, 2.05) is 30.3 Å². The molecule has 39 heavy (non-hydrogen) atoms. The molecule has 10 nitrogen and oxygen atoms in total. The Morgan fingerprint density at radius 3 is 2.13 bits per heavy atom. The number of nitro benzene ring substituents is 1. The van der Waals surface area contributed by atoms with Crippen LogP contribution < -0.4 is 9.62 Å². The van der Waals surface area contributed by atoms with E-state index in [0.29, 0.717) is 6.42 Å². The molecule has 1 N–H and O–H groups in total. The summed E-state index contributed by atoms with van der Waals surface area (Å²) in [6.07, 6.45) is 0.439. The zero-order valence-electron chi connectivity index (χ0n) is 22.1. The number of nitro groups is 1. The molecule has 11 heteroatoms. The lowest BCUT2D eigenvalue weighted by Gasteiger charge is -2.32. The van der Waals surface area contributed by atoms with Crippen molar-refractivity contribution >= 4 is 33.2 Å². The second kappa shape index (κ2) is 13.0. The van der Waals surface area contributed by atoms with Crippen molar-refractivity contribution in [1.29, 1.82) is 0 Å². The van der Waals surface area contributed by atoms with Crippen molar-refractivity contribution in [2.45, 2.75) is 44.2 Å². The fourth-order valence-electron chi connectivity index (χ4n) is 3.99. The van der Waals surface area contributed by atoms with E-state index in [-0.39, 0.29) is 34.8 Å². The molecule has 0 aromatic heterocycles. The number of hydrogen-bond donors (Lipinski definition) is 1. The normalized spacial score (nSPS) is 12.0. The second-order valence-corrected chi connectivity index (χ2v) is 11.1. The van der Waals surface area contributed by atoms with Gasteiger partial charge in [0.05, 0.1) is 15.5 Å². The van der Waals surface area contributed by atoms with Gasteiger partial charge in [0.25, 0.3) is 15.7 Å². The first-order valence-electron chi connectivity index (χ1n) is 12.5. The van der Waals surface area contributed by atoms with Crippen LogP contribution in [0.5, 0.6) is 0 Å². The maximum atomic E-state index is 13.8. The average Bonchev–Trinajstić information content (AvgIpc) is 2.92. The van der Waals surface area contributed by atoms with Gasteiger partial charge in [0.15, 0.2) is 0 Å². The Kier molecular flexibility index (Phi) is 9.78. The number of carbonyl (C=O) groups is 2. The number of nitrogens with zero attached hydrogens (tertiary/aromatic N) is 3. The Morgan fingerprint density at radius 1 is 0.923 bits per heavy atom. The van der Waals surface area contributed by atoms with Crippen LogP contribution in [-0.2, 0) is 26.0 Å². The van der Waals surface area contributed by atoms with Crippen molar-refractivity contribution in [3.8, 4) is 0 Å². The van der Waals surface area contributed by atoms with Crippen molar-refractivity contribution in [3.05, 3.63) is 101 Å². The van der Waals surface area contributed by atoms with Crippen molar-refractivity contribution in [1.82, 2.24) is 10.2 Å². The summed E-state index contributed by atoms with van der Waals surface area (Å²) in [6.45, 7) is 4.69. The Bertz CT molecular complexity index is 1400. The molecule has 0 radical (unpaired) electrons. The van der Waals surface area contributed by atoms with E-state index < -0.39 is 33.4 Å². The molecule has 2 amide bonds. The minimum atomic E-state index is -4.29. The number of sulfonamides is 1. The zero-order chi connectivity index (χ0) is 28.6. The molecule has 3 rings (SSSR count). The number of hydrogen-bond acceptors (Lipinski definition) is 6. The fourth-order valence-corrected chi connectivity index (χ4v) is 5.41. The standard InChI is InChI=1S/C28H32N4O6S/c1-21(2)29-28(34)22(3)30(18-17-23-11-6-4-7-12-23)27(33)20-31(24-13-10-14-25(19-24)32(35)36)39(37,38)26-15-8-5-9-16-26/h4-16,19,21-22H,17-18,20H2,1-3H3,(H,29,34). The number of amides is 2. The first-order chi connectivity index (χ1) is 18.5. The quantitative estimate of drug-likeness (QED) is 0.269. The lowest BCUT2D eigenvalue weighted by molar-refractivity contribution is -0.384. The largest absolute Gasteiger partial charge is 0.352 e. The molecule has 0 spiro atoms. The van der Waals surface area contributed by atoms with Crippen LogP contribution in [0, 0.1) is 10.1 Å². The van der Waals surface area contributed by atoms with Crippen LogP contribution in [0.15, 0.2) is 89.8 Å². The second-order valence-electron chi connectivity index (χ2n) is 9.26. The summed E-state index contributed by atoms with van der Waals surface area (Å²) in [5.74, 6) is -0.998. The molecule has 0 aliphatic heterocycles. The number of benzene rings is 3. The van der Waals surface area contributed by atoms with E-state index in [0.717, 1.165) is 15.9 Å². The third kappa shape index (κ3) is 7.64. The van der Waals surface area contributed by atoms with Gasteiger partial charge in [-0.3, -0.25) is 24.0 Å². The summed E-state index contributed by atoms with van der Waals surface area (Å²) in [6, 6.07) is 21.0. The highest BCUT2D eigenvalue weighted by Gasteiger charge is 2.33. The predicted molar refractivity (Wildman–Crippen MR) is 149 cm³/mol. The summed E-state index contributed by atoms with van der Waals surface area (Å²) in [5, 5.41) is 14.2. The molecule has 3 aromatic rings. The molecule has 1 atom stereocenters. The molecule has 3 aromatic carbocycles. The first kappa shape index (κ1) is 29.3. The van der Waals surface area contributed by atoms with Crippen LogP contribution in [0.4, 0.5) is 11.4 Å².